The molecule has 320 valence electrons. The van der Waals surface area contributed by atoms with Crippen molar-refractivity contribution in [2.75, 3.05) is 32.7 Å². The van der Waals surface area contributed by atoms with Crippen molar-refractivity contribution < 1.29 is 27.6 Å². The zero-order chi connectivity index (χ0) is 43.6. The van der Waals surface area contributed by atoms with Crippen LogP contribution in [0.5, 0.6) is 0 Å². The summed E-state index contributed by atoms with van der Waals surface area (Å²) >= 11 is 0. The first kappa shape index (κ1) is 41.8. The highest BCUT2D eigenvalue weighted by Gasteiger charge is 2.48. The molecule has 0 spiro atoms. The Morgan fingerprint density at radius 2 is 1.13 bits per heavy atom. The van der Waals surface area contributed by atoms with Crippen LogP contribution >= 0.6 is 0 Å². The summed E-state index contributed by atoms with van der Waals surface area (Å²) in [4.78, 5) is 44.3. The SMILES string of the molecule is O=C(NC1CCN(CCCCC2(C(=O)NCCNC(=O)C3c4ccccc4-c4ccccc43)c3ccccc3-c3ccccc32)CC1)c1ccccc1-c1ccc(C(F)(F)F)cc1. The second kappa shape index (κ2) is 17.7. The fraction of sp³-hybridized carbons (Fsp3) is 0.264. The zero-order valence-corrected chi connectivity index (χ0v) is 34.9. The topological polar surface area (TPSA) is 90.5 Å². The second-order valence-electron chi connectivity index (χ2n) is 16.8. The number of benzene rings is 6. The summed E-state index contributed by atoms with van der Waals surface area (Å²) in [6, 6.07) is 44.3. The third-order valence-corrected chi connectivity index (χ3v) is 13.2. The third-order valence-electron chi connectivity index (χ3n) is 13.2. The summed E-state index contributed by atoms with van der Waals surface area (Å²) in [5.41, 5.74) is 8.25. The number of likely N-dealkylation sites (tertiary alicyclic amines) is 1. The Balaban J connectivity index is 0.806. The van der Waals surface area contributed by atoms with Crippen molar-refractivity contribution in [3.8, 4) is 33.4 Å². The van der Waals surface area contributed by atoms with Gasteiger partial charge in [-0.3, -0.25) is 14.4 Å². The van der Waals surface area contributed by atoms with Gasteiger partial charge in [0.15, 0.2) is 0 Å². The number of carbonyl (C=O) groups is 3. The number of hydrogen-bond donors (Lipinski definition) is 3. The largest absolute Gasteiger partial charge is 0.416 e. The maximum Gasteiger partial charge on any atom is 0.416 e. The number of nitrogens with one attached hydrogen (secondary N) is 3. The zero-order valence-electron chi connectivity index (χ0n) is 34.9. The van der Waals surface area contributed by atoms with E-state index >= 15 is 0 Å². The molecular formula is C53H49F3N4O3. The first-order valence-corrected chi connectivity index (χ1v) is 21.9. The minimum absolute atomic E-state index is 0.0255. The molecule has 0 aromatic heterocycles. The Hall–Kier alpha value is -6.52. The van der Waals surface area contributed by atoms with Gasteiger partial charge in [0.25, 0.3) is 5.91 Å². The van der Waals surface area contributed by atoms with Crippen molar-refractivity contribution in [2.45, 2.75) is 55.7 Å². The number of fused-ring (bicyclic) bond motifs is 6. The predicted octanol–water partition coefficient (Wildman–Crippen LogP) is 9.75. The van der Waals surface area contributed by atoms with Crippen LogP contribution in [-0.4, -0.2) is 61.4 Å². The van der Waals surface area contributed by atoms with E-state index in [2.05, 4.69) is 57.2 Å². The summed E-state index contributed by atoms with van der Waals surface area (Å²) < 4.78 is 39.5. The lowest BCUT2D eigenvalue weighted by atomic mass is 9.73. The average Bonchev–Trinajstić information content (AvgIpc) is 3.80. The van der Waals surface area contributed by atoms with E-state index in [4.69, 9.17) is 0 Å². The Labute approximate surface area is 365 Å². The molecule has 0 radical (unpaired) electrons. The fourth-order valence-corrected chi connectivity index (χ4v) is 10.1. The van der Waals surface area contributed by atoms with Gasteiger partial charge in [0.05, 0.1) is 11.5 Å². The van der Waals surface area contributed by atoms with E-state index in [0.717, 1.165) is 102 Å². The van der Waals surface area contributed by atoms with Gasteiger partial charge in [-0.15, -0.1) is 0 Å². The normalized spacial score (nSPS) is 15.5. The van der Waals surface area contributed by atoms with Crippen molar-refractivity contribution in [1.82, 2.24) is 20.9 Å². The summed E-state index contributed by atoms with van der Waals surface area (Å²) in [5.74, 6) is -0.787. The summed E-state index contributed by atoms with van der Waals surface area (Å²) in [7, 11) is 0. The monoisotopic (exact) mass is 846 g/mol. The van der Waals surface area contributed by atoms with E-state index in [1.54, 1.807) is 24.3 Å². The molecule has 1 saturated heterocycles. The summed E-state index contributed by atoms with van der Waals surface area (Å²) in [5, 5.41) is 9.53. The maximum absolute atomic E-state index is 14.7. The van der Waals surface area contributed by atoms with Crippen molar-refractivity contribution in [3.63, 3.8) is 0 Å². The molecule has 1 fully saturated rings. The average molecular weight is 847 g/mol. The Morgan fingerprint density at radius 3 is 1.73 bits per heavy atom. The van der Waals surface area contributed by atoms with Gasteiger partial charge < -0.3 is 20.9 Å². The molecule has 7 nitrogen and oxygen atoms in total. The van der Waals surface area contributed by atoms with E-state index in [1.807, 2.05) is 60.7 Å². The molecule has 0 saturated carbocycles. The predicted molar refractivity (Wildman–Crippen MR) is 240 cm³/mol. The molecule has 2 aliphatic carbocycles. The third kappa shape index (κ3) is 8.16. The molecule has 6 aromatic carbocycles. The highest BCUT2D eigenvalue weighted by molar-refractivity contribution is 6.02. The number of carbonyl (C=O) groups excluding carboxylic acids is 3. The quantitative estimate of drug-likeness (QED) is 0.101. The minimum Gasteiger partial charge on any atom is -0.354 e. The van der Waals surface area contributed by atoms with Crippen molar-refractivity contribution in [1.29, 1.82) is 0 Å². The maximum atomic E-state index is 14.7. The number of unbranched alkanes of at least 4 members (excludes halogenated alkanes) is 1. The van der Waals surface area contributed by atoms with Crippen LogP contribution in [0.1, 0.15) is 76.2 Å². The standard InChI is InChI=1S/C53H49F3N4O3/c54-53(55,56)36-25-23-35(24-26-36)38-13-1-6-20-45(38)49(61)59-37-27-33-60(34-28-37)32-12-11-29-52(46-21-9-7-16-41(46)42-17-8-10-22-47(42)52)51(63)58-31-30-57-50(62)48-43-18-4-2-14-39(43)40-15-3-5-19-44(40)48/h1-10,13-26,37,48H,11-12,27-34H2,(H,57,62)(H,58,63)(H,59,61). The van der Waals surface area contributed by atoms with Gasteiger partial charge in [0.1, 0.15) is 5.41 Å². The van der Waals surface area contributed by atoms with Gasteiger partial charge in [0, 0.05) is 37.8 Å². The van der Waals surface area contributed by atoms with E-state index in [9.17, 15) is 27.6 Å². The van der Waals surface area contributed by atoms with Crippen LogP contribution in [0.25, 0.3) is 33.4 Å². The molecule has 3 aliphatic rings. The van der Waals surface area contributed by atoms with E-state index in [1.165, 1.54) is 12.1 Å². The molecule has 10 heteroatoms. The molecule has 3 amide bonds. The van der Waals surface area contributed by atoms with Crippen LogP contribution in [0, 0.1) is 0 Å². The lowest BCUT2D eigenvalue weighted by Gasteiger charge is -2.33. The highest BCUT2D eigenvalue weighted by Crippen LogP contribution is 2.52. The molecule has 0 bridgehead atoms. The summed E-state index contributed by atoms with van der Waals surface area (Å²) in [6.07, 6.45) is -0.560. The number of nitrogens with zero attached hydrogens (tertiary/aromatic N) is 1. The number of amides is 3. The van der Waals surface area contributed by atoms with Crippen LogP contribution < -0.4 is 16.0 Å². The van der Waals surface area contributed by atoms with Crippen LogP contribution in [0.4, 0.5) is 13.2 Å². The fourth-order valence-electron chi connectivity index (χ4n) is 10.1. The molecule has 1 aliphatic heterocycles. The number of halogens is 3. The smallest absolute Gasteiger partial charge is 0.354 e. The molecule has 9 rings (SSSR count). The number of rotatable bonds is 13. The molecule has 0 unspecified atom stereocenters. The van der Waals surface area contributed by atoms with E-state index in [-0.39, 0.29) is 23.8 Å². The van der Waals surface area contributed by atoms with Crippen molar-refractivity contribution in [3.05, 3.63) is 179 Å². The molecule has 3 N–H and O–H groups in total. The van der Waals surface area contributed by atoms with E-state index in [0.29, 0.717) is 36.2 Å². The number of piperidine rings is 1. The van der Waals surface area contributed by atoms with E-state index < -0.39 is 23.1 Å². The van der Waals surface area contributed by atoms with Crippen LogP contribution in [0.2, 0.25) is 0 Å². The molecule has 63 heavy (non-hydrogen) atoms. The van der Waals surface area contributed by atoms with Crippen molar-refractivity contribution >= 4 is 17.7 Å². The van der Waals surface area contributed by atoms with Crippen LogP contribution in [-0.2, 0) is 21.2 Å². The van der Waals surface area contributed by atoms with Gasteiger partial charge in [-0.1, -0.05) is 134 Å². The first-order valence-electron chi connectivity index (χ1n) is 21.9. The molecule has 6 aromatic rings. The second-order valence-corrected chi connectivity index (χ2v) is 16.8. The lowest BCUT2D eigenvalue weighted by molar-refractivity contribution is -0.137. The van der Waals surface area contributed by atoms with Gasteiger partial charge >= 0.3 is 6.18 Å². The van der Waals surface area contributed by atoms with Gasteiger partial charge in [-0.2, -0.15) is 13.2 Å². The van der Waals surface area contributed by atoms with Crippen LogP contribution in [0.15, 0.2) is 146 Å². The Morgan fingerprint density at radius 1 is 0.603 bits per heavy atom. The minimum atomic E-state index is -4.43. The summed E-state index contributed by atoms with van der Waals surface area (Å²) in [6.45, 7) is 3.07. The Kier molecular flexibility index (Phi) is 11.7. The molecule has 0 atom stereocenters. The number of alkyl halides is 3. The van der Waals surface area contributed by atoms with Gasteiger partial charge in [-0.05, 0) is 106 Å². The number of hydrogen-bond acceptors (Lipinski definition) is 4. The van der Waals surface area contributed by atoms with Crippen molar-refractivity contribution in [2.24, 2.45) is 0 Å². The molecular weight excluding hydrogens is 798 g/mol. The van der Waals surface area contributed by atoms with Crippen LogP contribution in [0.3, 0.4) is 0 Å². The molecule has 1 heterocycles. The Bertz CT molecular complexity index is 2560. The highest BCUT2D eigenvalue weighted by atomic mass is 19.4. The lowest BCUT2D eigenvalue weighted by Crippen LogP contribution is -2.47. The van der Waals surface area contributed by atoms with Gasteiger partial charge in [-0.25, -0.2) is 0 Å². The first-order chi connectivity index (χ1) is 30.6. The van der Waals surface area contributed by atoms with Gasteiger partial charge in [0.2, 0.25) is 11.8 Å².